The molecule has 1 unspecified atom stereocenters. The number of carboxylic acids is 1. The molecule has 3 rings (SSSR count). The molecule has 28 heavy (non-hydrogen) atoms. The summed E-state index contributed by atoms with van der Waals surface area (Å²) < 4.78 is 0. The fraction of sp³-hybridized carbons (Fsp3) is 0.316. The van der Waals surface area contributed by atoms with Crippen LogP contribution in [0.15, 0.2) is 42.9 Å². The Morgan fingerprint density at radius 1 is 1.39 bits per heavy atom. The van der Waals surface area contributed by atoms with E-state index in [0.717, 1.165) is 16.0 Å². The van der Waals surface area contributed by atoms with Gasteiger partial charge in [-0.2, -0.15) is 0 Å². The maximum absolute atomic E-state index is 12.0. The number of hydrogen-bond acceptors (Lipinski definition) is 6. The van der Waals surface area contributed by atoms with Gasteiger partial charge < -0.3 is 16.2 Å². The first kappa shape index (κ1) is 20.8. The molecule has 1 aliphatic rings. The van der Waals surface area contributed by atoms with Gasteiger partial charge in [0.15, 0.2) is 0 Å². The van der Waals surface area contributed by atoms with Crippen LogP contribution in [0.3, 0.4) is 0 Å². The van der Waals surface area contributed by atoms with Gasteiger partial charge in [-0.25, -0.2) is 19.5 Å². The lowest BCUT2D eigenvalue weighted by Crippen LogP contribution is -2.62. The van der Waals surface area contributed by atoms with Crippen molar-refractivity contribution in [2.45, 2.75) is 38.8 Å². The fourth-order valence-electron chi connectivity index (χ4n) is 2.65. The lowest BCUT2D eigenvalue weighted by atomic mass is 10.0. The summed E-state index contributed by atoms with van der Waals surface area (Å²) in [5, 5.41) is 11.6. The largest absolute Gasteiger partial charge is 0.480 e. The number of carboxylic acid groups (broad SMARTS) is 1. The van der Waals surface area contributed by atoms with E-state index in [1.54, 1.807) is 24.7 Å². The standard InChI is InChI=1S/C13H15N3O4.C6H8N2/c1-2-9(8-4-3-5-14-7-8)15-13(20)16-10(12(18)19)6-11(16)17;1-5-2-3-8-6(7)4-5/h3-5,7,9-10H,2,6H2,1H3,(H,15,20)(H,18,19);2-4H,1H3,(H2,7,8)/t9?,10-;/m0./s1. The molecule has 2 aromatic rings. The number of likely N-dealkylation sites (tertiary alicyclic amines) is 1. The Labute approximate surface area is 162 Å². The number of aromatic nitrogens is 2. The topological polar surface area (TPSA) is 139 Å². The first-order valence-corrected chi connectivity index (χ1v) is 8.76. The maximum atomic E-state index is 12.0. The van der Waals surface area contributed by atoms with E-state index in [4.69, 9.17) is 10.8 Å². The Kier molecular flexibility index (Phi) is 7.02. The molecular weight excluding hydrogens is 362 g/mol. The van der Waals surface area contributed by atoms with Crippen molar-refractivity contribution in [1.82, 2.24) is 20.2 Å². The highest BCUT2D eigenvalue weighted by atomic mass is 16.4. The lowest BCUT2D eigenvalue weighted by molar-refractivity contribution is -0.157. The van der Waals surface area contributed by atoms with Gasteiger partial charge in [0.2, 0.25) is 5.91 Å². The number of carbonyl (C=O) groups excluding carboxylic acids is 2. The predicted molar refractivity (Wildman–Crippen MR) is 102 cm³/mol. The quantitative estimate of drug-likeness (QED) is 0.683. The van der Waals surface area contributed by atoms with E-state index in [9.17, 15) is 14.4 Å². The zero-order chi connectivity index (χ0) is 20.7. The minimum absolute atomic E-state index is 0.133. The van der Waals surface area contributed by atoms with Gasteiger partial charge in [0.25, 0.3) is 0 Å². The molecule has 1 aliphatic heterocycles. The smallest absolute Gasteiger partial charge is 0.327 e. The molecule has 0 aliphatic carbocycles. The number of amides is 3. The number of urea groups is 1. The highest BCUT2D eigenvalue weighted by molar-refractivity contribution is 6.05. The average Bonchev–Trinajstić information content (AvgIpc) is 2.64. The van der Waals surface area contributed by atoms with Gasteiger partial charge in [-0.05, 0) is 42.7 Å². The highest BCUT2D eigenvalue weighted by Gasteiger charge is 2.45. The Balaban J connectivity index is 0.000000292. The van der Waals surface area contributed by atoms with Crippen LogP contribution >= 0.6 is 0 Å². The summed E-state index contributed by atoms with van der Waals surface area (Å²) in [6.07, 6.45) is 5.42. The van der Waals surface area contributed by atoms with Gasteiger partial charge in [0.05, 0.1) is 12.5 Å². The Morgan fingerprint density at radius 3 is 2.61 bits per heavy atom. The molecular formula is C19H23N5O4. The first-order chi connectivity index (χ1) is 13.3. The number of nitrogens with zero attached hydrogens (tertiary/aromatic N) is 3. The van der Waals surface area contributed by atoms with Gasteiger partial charge in [-0.15, -0.1) is 0 Å². The van der Waals surface area contributed by atoms with Crippen molar-refractivity contribution in [2.75, 3.05) is 5.73 Å². The van der Waals surface area contributed by atoms with Crippen LogP contribution in [0.25, 0.3) is 0 Å². The van der Waals surface area contributed by atoms with Crippen LogP contribution in [-0.2, 0) is 9.59 Å². The number of aliphatic carboxylic acids is 1. The molecule has 3 amide bonds. The zero-order valence-corrected chi connectivity index (χ0v) is 15.7. The third kappa shape index (κ3) is 5.26. The molecule has 3 heterocycles. The molecule has 2 aromatic heterocycles. The molecule has 4 N–H and O–H groups in total. The van der Waals surface area contributed by atoms with Crippen molar-refractivity contribution in [3.05, 3.63) is 54.0 Å². The number of hydrogen-bond donors (Lipinski definition) is 3. The maximum Gasteiger partial charge on any atom is 0.327 e. The summed E-state index contributed by atoms with van der Waals surface area (Å²) in [4.78, 5) is 42.8. The number of rotatable bonds is 4. The van der Waals surface area contributed by atoms with E-state index in [0.29, 0.717) is 12.2 Å². The molecule has 0 bridgehead atoms. The van der Waals surface area contributed by atoms with Crippen molar-refractivity contribution >= 4 is 23.7 Å². The third-order valence-corrected chi connectivity index (χ3v) is 4.18. The fourth-order valence-corrected chi connectivity index (χ4v) is 2.65. The summed E-state index contributed by atoms with van der Waals surface area (Å²) in [5.41, 5.74) is 7.31. The number of aryl methyl sites for hydroxylation is 1. The Hall–Kier alpha value is -3.49. The number of imide groups is 1. The third-order valence-electron chi connectivity index (χ3n) is 4.18. The molecule has 1 fully saturated rings. The molecule has 0 saturated carbocycles. The summed E-state index contributed by atoms with van der Waals surface area (Å²) in [6, 6.07) is 5.26. The van der Waals surface area contributed by atoms with E-state index in [-0.39, 0.29) is 12.5 Å². The van der Waals surface area contributed by atoms with Crippen LogP contribution in [0.5, 0.6) is 0 Å². The molecule has 0 aromatic carbocycles. The second-order valence-corrected chi connectivity index (χ2v) is 6.28. The van der Waals surface area contributed by atoms with Crippen molar-refractivity contribution in [1.29, 1.82) is 0 Å². The number of β-lactam (4-membered cyclic amide) rings is 1. The van der Waals surface area contributed by atoms with Gasteiger partial charge in [0, 0.05) is 18.6 Å². The number of pyridine rings is 2. The van der Waals surface area contributed by atoms with Crippen molar-refractivity contribution in [3.8, 4) is 0 Å². The number of anilines is 1. The van der Waals surface area contributed by atoms with E-state index in [1.165, 1.54) is 0 Å². The van der Waals surface area contributed by atoms with Gasteiger partial charge >= 0.3 is 12.0 Å². The minimum Gasteiger partial charge on any atom is -0.480 e. The molecule has 9 nitrogen and oxygen atoms in total. The van der Waals surface area contributed by atoms with Crippen LogP contribution < -0.4 is 11.1 Å². The molecule has 9 heteroatoms. The van der Waals surface area contributed by atoms with Crippen molar-refractivity contribution < 1.29 is 19.5 Å². The van der Waals surface area contributed by atoms with Gasteiger partial charge in [-0.3, -0.25) is 9.78 Å². The second-order valence-electron chi connectivity index (χ2n) is 6.28. The molecule has 1 saturated heterocycles. The van der Waals surface area contributed by atoms with Crippen LogP contribution in [0.4, 0.5) is 10.6 Å². The SMILES string of the molecule is CCC(NC(=O)N1C(=O)C[C@H]1C(=O)O)c1cccnc1.Cc1ccnc(N)c1. The molecule has 0 radical (unpaired) electrons. The minimum atomic E-state index is -1.17. The van der Waals surface area contributed by atoms with Crippen LogP contribution in [0.1, 0.15) is 36.9 Å². The van der Waals surface area contributed by atoms with Crippen LogP contribution in [0.2, 0.25) is 0 Å². The van der Waals surface area contributed by atoms with Crippen molar-refractivity contribution in [3.63, 3.8) is 0 Å². The number of carbonyl (C=O) groups is 3. The highest BCUT2D eigenvalue weighted by Crippen LogP contribution is 2.22. The van der Waals surface area contributed by atoms with E-state index >= 15 is 0 Å². The lowest BCUT2D eigenvalue weighted by Gasteiger charge is -2.36. The zero-order valence-electron chi connectivity index (χ0n) is 15.7. The Morgan fingerprint density at radius 2 is 2.14 bits per heavy atom. The first-order valence-electron chi connectivity index (χ1n) is 8.76. The monoisotopic (exact) mass is 385 g/mol. The number of nitrogen functional groups attached to an aromatic ring is 1. The van der Waals surface area contributed by atoms with Crippen molar-refractivity contribution in [2.24, 2.45) is 0 Å². The average molecular weight is 385 g/mol. The summed E-state index contributed by atoms with van der Waals surface area (Å²) >= 11 is 0. The normalized spacial score (nSPS) is 16.3. The predicted octanol–water partition coefficient (Wildman–Crippen LogP) is 1.90. The molecule has 2 atom stereocenters. The van der Waals surface area contributed by atoms with E-state index in [2.05, 4.69) is 15.3 Å². The van der Waals surface area contributed by atoms with Gasteiger partial charge in [-0.1, -0.05) is 13.0 Å². The molecule has 0 spiro atoms. The Bertz CT molecular complexity index is 826. The van der Waals surface area contributed by atoms with Crippen LogP contribution in [0, 0.1) is 6.92 Å². The molecule has 148 valence electrons. The number of nitrogens with one attached hydrogen (secondary N) is 1. The van der Waals surface area contributed by atoms with E-state index < -0.39 is 23.9 Å². The number of nitrogens with two attached hydrogens (primary N) is 1. The van der Waals surface area contributed by atoms with Gasteiger partial charge in [0.1, 0.15) is 11.9 Å². The van der Waals surface area contributed by atoms with E-state index in [1.807, 2.05) is 32.0 Å². The summed E-state index contributed by atoms with van der Waals surface area (Å²) in [7, 11) is 0. The summed E-state index contributed by atoms with van der Waals surface area (Å²) in [6.45, 7) is 3.86. The second kappa shape index (κ2) is 9.45. The van der Waals surface area contributed by atoms with Crippen LogP contribution in [-0.4, -0.2) is 43.9 Å². The summed E-state index contributed by atoms with van der Waals surface area (Å²) in [5.74, 6) is -1.06.